The van der Waals surface area contributed by atoms with Crippen LogP contribution in [0.5, 0.6) is 0 Å². The van der Waals surface area contributed by atoms with Gasteiger partial charge in [-0.15, -0.1) is 23.7 Å². The van der Waals surface area contributed by atoms with Crippen molar-refractivity contribution in [3.63, 3.8) is 0 Å². The van der Waals surface area contributed by atoms with Gasteiger partial charge in [0.25, 0.3) is 11.6 Å². The number of halogens is 1. The quantitative estimate of drug-likeness (QED) is 0.262. The van der Waals surface area contributed by atoms with Crippen molar-refractivity contribution < 1.29 is 9.72 Å². The zero-order valence-electron chi connectivity index (χ0n) is 17.0. The first kappa shape index (κ1) is 23.1. The third kappa shape index (κ3) is 5.01. The van der Waals surface area contributed by atoms with Crippen LogP contribution in [-0.4, -0.2) is 47.9 Å². The predicted octanol–water partition coefficient (Wildman–Crippen LogP) is 5.44. The highest BCUT2D eigenvalue weighted by Gasteiger charge is 2.23. The van der Waals surface area contributed by atoms with E-state index in [1.807, 2.05) is 38.4 Å². The van der Waals surface area contributed by atoms with E-state index in [0.717, 1.165) is 27.9 Å². The Hall–Kier alpha value is -2.59. The Kier molecular flexibility index (Phi) is 7.22. The van der Waals surface area contributed by atoms with Gasteiger partial charge in [-0.05, 0) is 51.3 Å². The average molecular weight is 477 g/mol. The van der Waals surface area contributed by atoms with E-state index in [1.54, 1.807) is 17.0 Å². The van der Waals surface area contributed by atoms with Gasteiger partial charge in [0.2, 0.25) is 0 Å². The fourth-order valence-electron chi connectivity index (χ4n) is 3.19. The van der Waals surface area contributed by atoms with Gasteiger partial charge in [-0.1, -0.05) is 23.5 Å². The molecule has 1 amide bonds. The maximum Gasteiger partial charge on any atom is 0.270 e. The fraction of sp³-hybridized carbons (Fsp3) is 0.238. The van der Waals surface area contributed by atoms with Crippen LogP contribution in [-0.2, 0) is 0 Å². The fourth-order valence-corrected chi connectivity index (χ4v) is 5.17. The van der Waals surface area contributed by atoms with E-state index >= 15 is 0 Å². The van der Waals surface area contributed by atoms with Crippen LogP contribution in [0.15, 0.2) is 48.5 Å². The molecule has 0 fully saturated rings. The summed E-state index contributed by atoms with van der Waals surface area (Å²) in [6.07, 6.45) is 0.811. The number of rotatable bonds is 7. The molecule has 0 aliphatic heterocycles. The van der Waals surface area contributed by atoms with Gasteiger partial charge in [0.1, 0.15) is 0 Å². The van der Waals surface area contributed by atoms with Crippen LogP contribution in [0.25, 0.3) is 20.3 Å². The molecular weight excluding hydrogens is 456 g/mol. The van der Waals surface area contributed by atoms with E-state index in [-0.39, 0.29) is 24.0 Å². The van der Waals surface area contributed by atoms with Crippen molar-refractivity contribution in [2.75, 3.05) is 32.1 Å². The second-order valence-electron chi connectivity index (χ2n) is 7.17. The number of fused-ring (bicyclic) bond motifs is 2. The molecule has 0 saturated carbocycles. The number of nitrogens with zero attached hydrogens (tertiary/aromatic N) is 4. The molecule has 0 atom stereocenters. The number of carbonyl (C=O) groups is 1. The topological polar surface area (TPSA) is 79.6 Å². The molecule has 0 bridgehead atoms. The van der Waals surface area contributed by atoms with Crippen LogP contribution in [0.1, 0.15) is 16.1 Å². The Balaban J connectivity index is 0.00000272. The van der Waals surface area contributed by atoms with E-state index in [1.165, 1.54) is 34.8 Å². The number of amides is 1. The Morgan fingerprint density at radius 1 is 1.06 bits per heavy atom. The summed E-state index contributed by atoms with van der Waals surface area (Å²) in [6, 6.07) is 14.2. The Morgan fingerprint density at radius 2 is 1.84 bits per heavy atom. The number of carbonyl (C=O) groups excluding carboxylic acids is 1. The van der Waals surface area contributed by atoms with Crippen LogP contribution < -0.4 is 4.90 Å². The van der Waals surface area contributed by atoms with Crippen molar-refractivity contribution in [1.29, 1.82) is 0 Å². The molecule has 2 aromatic heterocycles. The molecule has 0 unspecified atom stereocenters. The summed E-state index contributed by atoms with van der Waals surface area (Å²) in [4.78, 5) is 33.1. The van der Waals surface area contributed by atoms with Crippen LogP contribution in [0.2, 0.25) is 0 Å². The van der Waals surface area contributed by atoms with E-state index < -0.39 is 4.92 Å². The molecular formula is C21H21ClN4O3S2. The lowest BCUT2D eigenvalue weighted by molar-refractivity contribution is -0.384. The predicted molar refractivity (Wildman–Crippen MR) is 130 cm³/mol. The minimum absolute atomic E-state index is 0. The smallest absolute Gasteiger partial charge is 0.270 e. The van der Waals surface area contributed by atoms with E-state index in [0.29, 0.717) is 21.9 Å². The monoisotopic (exact) mass is 476 g/mol. The van der Waals surface area contributed by atoms with Gasteiger partial charge in [0.05, 0.1) is 20.0 Å². The lowest BCUT2D eigenvalue weighted by Crippen LogP contribution is -2.32. The molecule has 0 spiro atoms. The average Bonchev–Trinajstić information content (AvgIpc) is 3.33. The number of nitro groups is 1. The van der Waals surface area contributed by atoms with Crippen molar-refractivity contribution in [3.05, 3.63) is 63.5 Å². The molecule has 0 aliphatic carbocycles. The number of hydrogen-bond donors (Lipinski definition) is 0. The van der Waals surface area contributed by atoms with Gasteiger partial charge in [-0.2, -0.15) is 0 Å². The summed E-state index contributed by atoms with van der Waals surface area (Å²) in [5.74, 6) is -0.128. The molecule has 4 aromatic rings. The maximum absolute atomic E-state index is 13.4. The van der Waals surface area contributed by atoms with Gasteiger partial charge in [-0.25, -0.2) is 4.98 Å². The molecule has 0 saturated heterocycles. The number of anilines is 1. The number of non-ortho nitro benzene ring substituents is 1. The number of hydrogen-bond acceptors (Lipinski definition) is 7. The molecule has 7 nitrogen and oxygen atoms in total. The van der Waals surface area contributed by atoms with Crippen molar-refractivity contribution in [2.24, 2.45) is 0 Å². The second kappa shape index (κ2) is 9.69. The largest absolute Gasteiger partial charge is 0.309 e. The zero-order chi connectivity index (χ0) is 21.3. The van der Waals surface area contributed by atoms with Crippen molar-refractivity contribution >= 4 is 72.1 Å². The maximum atomic E-state index is 13.4. The lowest BCUT2D eigenvalue weighted by atomic mass is 10.2. The van der Waals surface area contributed by atoms with Crippen LogP contribution in [0.3, 0.4) is 0 Å². The van der Waals surface area contributed by atoms with Gasteiger partial charge in [0.15, 0.2) is 5.13 Å². The molecule has 0 radical (unpaired) electrons. The Labute approximate surface area is 193 Å². The molecule has 10 heteroatoms. The minimum atomic E-state index is -0.423. The SMILES string of the molecule is CN(C)CCCN(C(=O)c1cc2cc([N+](=O)[O-])ccc2s1)c1nc2ccccc2s1.Cl. The van der Waals surface area contributed by atoms with Crippen LogP contribution in [0.4, 0.5) is 10.8 Å². The Morgan fingerprint density at radius 3 is 2.55 bits per heavy atom. The van der Waals surface area contributed by atoms with Gasteiger partial charge >= 0.3 is 0 Å². The highest BCUT2D eigenvalue weighted by molar-refractivity contribution is 7.23. The third-order valence-electron chi connectivity index (χ3n) is 4.67. The minimum Gasteiger partial charge on any atom is -0.309 e. The molecule has 162 valence electrons. The number of nitro benzene ring substituents is 1. The number of para-hydroxylation sites is 1. The lowest BCUT2D eigenvalue weighted by Gasteiger charge is -2.20. The van der Waals surface area contributed by atoms with Crippen LogP contribution in [0, 0.1) is 10.1 Å². The van der Waals surface area contributed by atoms with Crippen molar-refractivity contribution in [2.45, 2.75) is 6.42 Å². The standard InChI is InChI=1S/C21H20N4O3S2.ClH/c1-23(2)10-5-11-24(21-22-16-6-3-4-7-18(16)30-21)20(26)19-13-14-12-15(25(27)28)8-9-17(14)29-19;/h3-4,6-9,12-13H,5,10-11H2,1-2H3;1H. The molecule has 2 aromatic carbocycles. The summed E-state index contributed by atoms with van der Waals surface area (Å²) >= 11 is 2.84. The summed E-state index contributed by atoms with van der Waals surface area (Å²) in [5, 5.41) is 12.4. The summed E-state index contributed by atoms with van der Waals surface area (Å²) in [7, 11) is 4.01. The normalized spacial score (nSPS) is 11.1. The summed E-state index contributed by atoms with van der Waals surface area (Å²) < 4.78 is 1.88. The summed E-state index contributed by atoms with van der Waals surface area (Å²) in [5.41, 5.74) is 0.892. The first-order valence-corrected chi connectivity index (χ1v) is 11.1. The number of thiophene rings is 1. The first-order valence-electron chi connectivity index (χ1n) is 9.42. The highest BCUT2D eigenvalue weighted by Crippen LogP contribution is 2.33. The van der Waals surface area contributed by atoms with Gasteiger partial charge < -0.3 is 4.90 Å². The van der Waals surface area contributed by atoms with Crippen LogP contribution >= 0.6 is 35.1 Å². The zero-order valence-corrected chi connectivity index (χ0v) is 19.4. The number of benzene rings is 2. The number of aromatic nitrogens is 1. The molecule has 4 rings (SSSR count). The van der Waals surface area contributed by atoms with Crippen molar-refractivity contribution in [3.8, 4) is 0 Å². The molecule has 31 heavy (non-hydrogen) atoms. The molecule has 0 aliphatic rings. The second-order valence-corrected chi connectivity index (χ2v) is 9.26. The van der Waals surface area contributed by atoms with E-state index in [4.69, 9.17) is 0 Å². The molecule has 2 heterocycles. The first-order chi connectivity index (χ1) is 14.4. The summed E-state index contributed by atoms with van der Waals surface area (Å²) in [6.45, 7) is 1.40. The third-order valence-corrected chi connectivity index (χ3v) is 6.83. The highest BCUT2D eigenvalue weighted by atomic mass is 35.5. The van der Waals surface area contributed by atoms with Crippen molar-refractivity contribution in [1.82, 2.24) is 9.88 Å². The van der Waals surface area contributed by atoms with Gasteiger partial charge in [0, 0.05) is 28.8 Å². The van der Waals surface area contributed by atoms with Gasteiger partial charge in [-0.3, -0.25) is 19.8 Å². The Bertz CT molecular complexity index is 1200. The van der Waals surface area contributed by atoms with E-state index in [9.17, 15) is 14.9 Å². The number of thiazole rings is 1. The van der Waals surface area contributed by atoms with E-state index in [2.05, 4.69) is 9.88 Å². The molecule has 0 N–H and O–H groups in total.